The van der Waals surface area contributed by atoms with Crippen molar-refractivity contribution < 1.29 is 4.74 Å². The molecule has 0 N–H and O–H groups in total. The average molecular weight is 356 g/mol. The molecule has 5 heteroatoms. The number of methoxy groups -OCH3 is 1. The first-order chi connectivity index (χ1) is 9.54. The molecule has 0 aliphatic rings. The molecule has 2 aromatic rings. The van der Waals surface area contributed by atoms with Gasteiger partial charge in [0.1, 0.15) is 11.3 Å². The number of ether oxygens (including phenoxy) is 1. The van der Waals surface area contributed by atoms with E-state index in [0.717, 1.165) is 11.3 Å². The Bertz CT molecular complexity index is 590. The highest BCUT2D eigenvalue weighted by atomic mass is 79.9. The first-order valence-electron chi connectivity index (χ1n) is 6.35. The van der Waals surface area contributed by atoms with E-state index in [4.69, 9.17) is 16.3 Å². The highest BCUT2D eigenvalue weighted by molar-refractivity contribution is 9.10. The Balaban J connectivity index is 2.56. The maximum Gasteiger partial charge on any atom is 0.159 e. The van der Waals surface area contributed by atoms with Crippen LogP contribution in [0.25, 0.3) is 11.3 Å². The lowest BCUT2D eigenvalue weighted by Gasteiger charge is -2.19. The Hall–Kier alpha value is -0.970. The molecule has 1 heterocycles. The maximum atomic E-state index is 6.22. The van der Waals surface area contributed by atoms with Gasteiger partial charge in [-0.3, -0.25) is 0 Å². The van der Waals surface area contributed by atoms with Crippen molar-refractivity contribution in [2.24, 2.45) is 5.92 Å². The van der Waals surface area contributed by atoms with Gasteiger partial charge in [-0.05, 0) is 21.8 Å². The van der Waals surface area contributed by atoms with Crippen LogP contribution in [0.3, 0.4) is 0 Å². The topological polar surface area (TPSA) is 35.0 Å². The van der Waals surface area contributed by atoms with Crippen LogP contribution in [-0.2, 0) is 4.74 Å². The molecular formula is C15H16BrClN2O. The lowest BCUT2D eigenvalue weighted by molar-refractivity contribution is 0.0575. The molecule has 1 aromatic carbocycles. The van der Waals surface area contributed by atoms with Crippen molar-refractivity contribution >= 4 is 27.5 Å². The van der Waals surface area contributed by atoms with Gasteiger partial charge in [-0.1, -0.05) is 55.8 Å². The number of nitrogens with zero attached hydrogens (tertiary/aromatic N) is 2. The Kier molecular flexibility index (Phi) is 5.13. The second kappa shape index (κ2) is 6.66. The van der Waals surface area contributed by atoms with Crippen LogP contribution in [0.1, 0.15) is 25.8 Å². The Morgan fingerprint density at radius 3 is 2.35 bits per heavy atom. The molecule has 0 bridgehead atoms. The largest absolute Gasteiger partial charge is 0.373 e. The quantitative estimate of drug-likeness (QED) is 0.731. The summed E-state index contributed by atoms with van der Waals surface area (Å²) >= 11 is 9.68. The molecule has 0 spiro atoms. The molecule has 0 radical (unpaired) electrons. The summed E-state index contributed by atoms with van der Waals surface area (Å²) in [6.07, 6.45) is -0.178. The third-order valence-corrected chi connectivity index (χ3v) is 4.24. The standard InChI is InChI=1S/C15H16BrClN2O/c1-9(2)13(20-3)15-18-12(11(16)14(17)19-15)10-7-5-4-6-8-10/h4-9,13H,1-3H3. The second-order valence-corrected chi connectivity index (χ2v) is 5.95. The minimum absolute atomic E-state index is 0.178. The zero-order valence-electron chi connectivity index (χ0n) is 11.6. The highest BCUT2D eigenvalue weighted by Crippen LogP contribution is 2.34. The number of benzene rings is 1. The van der Waals surface area contributed by atoms with Gasteiger partial charge in [0.2, 0.25) is 0 Å². The van der Waals surface area contributed by atoms with Gasteiger partial charge in [-0.2, -0.15) is 0 Å². The van der Waals surface area contributed by atoms with Crippen molar-refractivity contribution in [1.29, 1.82) is 0 Å². The lowest BCUT2D eigenvalue weighted by atomic mass is 10.1. The van der Waals surface area contributed by atoms with Crippen molar-refractivity contribution in [3.8, 4) is 11.3 Å². The van der Waals surface area contributed by atoms with Crippen LogP contribution in [0, 0.1) is 5.92 Å². The van der Waals surface area contributed by atoms with Crippen LogP contribution in [-0.4, -0.2) is 17.1 Å². The zero-order chi connectivity index (χ0) is 14.7. The van der Waals surface area contributed by atoms with E-state index in [2.05, 4.69) is 39.7 Å². The van der Waals surface area contributed by atoms with Gasteiger partial charge in [0.25, 0.3) is 0 Å². The van der Waals surface area contributed by atoms with E-state index in [1.165, 1.54) is 0 Å². The number of rotatable bonds is 4. The van der Waals surface area contributed by atoms with Crippen LogP contribution in [0.5, 0.6) is 0 Å². The summed E-state index contributed by atoms with van der Waals surface area (Å²) in [6, 6.07) is 9.88. The molecule has 0 amide bonds. The number of hydrogen-bond acceptors (Lipinski definition) is 3. The lowest BCUT2D eigenvalue weighted by Crippen LogP contribution is -2.13. The normalized spacial score (nSPS) is 12.7. The van der Waals surface area contributed by atoms with E-state index in [-0.39, 0.29) is 12.0 Å². The van der Waals surface area contributed by atoms with Gasteiger partial charge in [0.15, 0.2) is 5.82 Å². The molecule has 106 valence electrons. The third-order valence-electron chi connectivity index (χ3n) is 2.99. The van der Waals surface area contributed by atoms with Gasteiger partial charge >= 0.3 is 0 Å². The average Bonchev–Trinajstić information content (AvgIpc) is 2.43. The van der Waals surface area contributed by atoms with Gasteiger partial charge < -0.3 is 4.74 Å². The predicted octanol–water partition coefficient (Wildman–Crippen LogP) is 4.90. The van der Waals surface area contributed by atoms with E-state index in [9.17, 15) is 0 Å². The zero-order valence-corrected chi connectivity index (χ0v) is 13.9. The molecule has 0 aliphatic carbocycles. The molecule has 0 saturated heterocycles. The van der Waals surface area contributed by atoms with Crippen molar-refractivity contribution in [3.05, 3.63) is 45.8 Å². The summed E-state index contributed by atoms with van der Waals surface area (Å²) in [5.74, 6) is 0.871. The van der Waals surface area contributed by atoms with Crippen LogP contribution >= 0.6 is 27.5 Å². The van der Waals surface area contributed by atoms with Crippen molar-refractivity contribution in [1.82, 2.24) is 9.97 Å². The molecule has 2 rings (SSSR count). The van der Waals surface area contributed by atoms with E-state index < -0.39 is 0 Å². The van der Waals surface area contributed by atoms with E-state index in [0.29, 0.717) is 15.5 Å². The maximum absolute atomic E-state index is 6.22. The SMILES string of the molecule is COC(c1nc(Cl)c(Br)c(-c2ccccc2)n1)C(C)C. The summed E-state index contributed by atoms with van der Waals surface area (Å²) in [4.78, 5) is 8.96. The van der Waals surface area contributed by atoms with Gasteiger partial charge in [-0.25, -0.2) is 9.97 Å². The monoisotopic (exact) mass is 354 g/mol. The first kappa shape index (κ1) is 15.4. The van der Waals surface area contributed by atoms with Crippen molar-refractivity contribution in [2.75, 3.05) is 7.11 Å². The first-order valence-corrected chi connectivity index (χ1v) is 7.52. The molecule has 1 aromatic heterocycles. The van der Waals surface area contributed by atoms with Crippen molar-refractivity contribution in [3.63, 3.8) is 0 Å². The number of halogens is 2. The Morgan fingerprint density at radius 2 is 1.80 bits per heavy atom. The molecule has 1 unspecified atom stereocenters. The number of hydrogen-bond donors (Lipinski definition) is 0. The molecule has 3 nitrogen and oxygen atoms in total. The van der Waals surface area contributed by atoms with E-state index in [1.807, 2.05) is 30.3 Å². The molecule has 0 fully saturated rings. The summed E-state index contributed by atoms with van der Waals surface area (Å²) in [5, 5.41) is 0.400. The molecule has 0 aliphatic heterocycles. The van der Waals surface area contributed by atoms with Crippen molar-refractivity contribution in [2.45, 2.75) is 20.0 Å². The van der Waals surface area contributed by atoms with E-state index >= 15 is 0 Å². The summed E-state index contributed by atoms with van der Waals surface area (Å²) in [6.45, 7) is 4.13. The van der Waals surface area contributed by atoms with Gasteiger partial charge in [0, 0.05) is 12.7 Å². The van der Waals surface area contributed by atoms with Gasteiger partial charge in [0.05, 0.1) is 10.2 Å². The number of aromatic nitrogens is 2. The molecule has 20 heavy (non-hydrogen) atoms. The summed E-state index contributed by atoms with van der Waals surface area (Å²) in [5.41, 5.74) is 1.77. The molecular weight excluding hydrogens is 340 g/mol. The molecule has 0 saturated carbocycles. The van der Waals surface area contributed by atoms with E-state index in [1.54, 1.807) is 7.11 Å². The van der Waals surface area contributed by atoms with Crippen LogP contribution in [0.15, 0.2) is 34.8 Å². The smallest absolute Gasteiger partial charge is 0.159 e. The predicted molar refractivity (Wildman–Crippen MR) is 84.8 cm³/mol. The fourth-order valence-corrected chi connectivity index (χ4v) is 2.61. The van der Waals surface area contributed by atoms with Crippen LogP contribution in [0.2, 0.25) is 5.15 Å². The van der Waals surface area contributed by atoms with Crippen LogP contribution < -0.4 is 0 Å². The summed E-state index contributed by atoms with van der Waals surface area (Å²) in [7, 11) is 1.66. The minimum Gasteiger partial charge on any atom is -0.373 e. The Labute approximate surface area is 132 Å². The Morgan fingerprint density at radius 1 is 1.15 bits per heavy atom. The second-order valence-electron chi connectivity index (χ2n) is 4.80. The fourth-order valence-electron chi connectivity index (χ4n) is 2.03. The minimum atomic E-state index is -0.178. The van der Waals surface area contributed by atoms with Gasteiger partial charge in [-0.15, -0.1) is 0 Å². The fraction of sp³-hybridized carbons (Fsp3) is 0.333. The molecule has 1 atom stereocenters. The third kappa shape index (κ3) is 3.19. The summed E-state index contributed by atoms with van der Waals surface area (Å²) < 4.78 is 6.19. The van der Waals surface area contributed by atoms with Crippen LogP contribution in [0.4, 0.5) is 0 Å². The highest BCUT2D eigenvalue weighted by Gasteiger charge is 2.21.